The quantitative estimate of drug-likeness (QED) is 0.817. The van der Waals surface area contributed by atoms with E-state index in [0.29, 0.717) is 12.1 Å². The van der Waals surface area contributed by atoms with E-state index in [4.69, 9.17) is 11.6 Å². The molecule has 0 saturated heterocycles. The topological polar surface area (TPSA) is 69.6 Å². The van der Waals surface area contributed by atoms with Crippen molar-refractivity contribution in [2.45, 2.75) is 17.9 Å². The second-order valence-corrected chi connectivity index (χ2v) is 6.76. The molecule has 0 aliphatic carbocycles. The van der Waals surface area contributed by atoms with Gasteiger partial charge in [0.15, 0.2) is 0 Å². The number of nitrogens with one attached hydrogen (secondary N) is 1. The van der Waals surface area contributed by atoms with Gasteiger partial charge in [-0.1, -0.05) is 23.7 Å². The molecule has 19 heavy (non-hydrogen) atoms. The Bertz CT molecular complexity index is 512. The second kappa shape index (κ2) is 6.67. The maximum absolute atomic E-state index is 12.1. The zero-order valence-corrected chi connectivity index (χ0v) is 12.8. The van der Waals surface area contributed by atoms with Crippen molar-refractivity contribution in [3.8, 4) is 0 Å². The third-order valence-corrected chi connectivity index (χ3v) is 4.57. The van der Waals surface area contributed by atoms with Crippen LogP contribution < -0.4 is 4.72 Å². The predicted molar refractivity (Wildman–Crippen MR) is 75.9 cm³/mol. The Hall–Kier alpha value is -0.660. The number of benzene rings is 1. The van der Waals surface area contributed by atoms with Gasteiger partial charge in [0.25, 0.3) is 0 Å². The van der Waals surface area contributed by atoms with Crippen LogP contribution >= 0.6 is 11.6 Å². The van der Waals surface area contributed by atoms with Crippen LogP contribution in [0.2, 0.25) is 5.02 Å². The summed E-state index contributed by atoms with van der Waals surface area (Å²) < 4.78 is 26.7. The van der Waals surface area contributed by atoms with Crippen LogP contribution in [-0.4, -0.2) is 51.7 Å². The van der Waals surface area contributed by atoms with E-state index in [1.807, 2.05) is 0 Å². The molecule has 108 valence electrons. The minimum atomic E-state index is -3.71. The smallest absolute Gasteiger partial charge is 0.242 e. The fourth-order valence-electron chi connectivity index (χ4n) is 1.72. The molecule has 0 saturated carbocycles. The third-order valence-electron chi connectivity index (χ3n) is 2.52. The molecule has 0 unspecified atom stereocenters. The van der Waals surface area contributed by atoms with Crippen LogP contribution in [0.4, 0.5) is 0 Å². The summed E-state index contributed by atoms with van der Waals surface area (Å²) in [5.41, 5.74) is 0.571. The van der Waals surface area contributed by atoms with E-state index in [2.05, 4.69) is 4.72 Å². The Labute approximate surface area is 119 Å². The molecule has 2 N–H and O–H groups in total. The van der Waals surface area contributed by atoms with Gasteiger partial charge in [-0.2, -0.15) is 0 Å². The van der Waals surface area contributed by atoms with Crippen LogP contribution in [0, 0.1) is 6.92 Å². The molecule has 7 heteroatoms. The highest BCUT2D eigenvalue weighted by atomic mass is 35.5. The Balaban J connectivity index is 2.82. The lowest BCUT2D eigenvalue weighted by molar-refractivity contribution is 0.140. The number of rotatable bonds is 6. The maximum Gasteiger partial charge on any atom is 0.242 e. The van der Waals surface area contributed by atoms with Gasteiger partial charge >= 0.3 is 0 Å². The molecule has 0 aliphatic heterocycles. The van der Waals surface area contributed by atoms with Crippen molar-refractivity contribution in [2.24, 2.45) is 0 Å². The van der Waals surface area contributed by atoms with Gasteiger partial charge in [-0.25, -0.2) is 13.1 Å². The lowest BCUT2D eigenvalue weighted by Crippen LogP contribution is -2.38. The molecule has 1 aromatic rings. The number of nitrogens with zero attached hydrogens (tertiary/aromatic N) is 1. The van der Waals surface area contributed by atoms with Gasteiger partial charge in [0.2, 0.25) is 10.0 Å². The van der Waals surface area contributed by atoms with Gasteiger partial charge in [0.05, 0.1) is 11.1 Å². The van der Waals surface area contributed by atoms with Crippen LogP contribution in [0.3, 0.4) is 0 Å². The average Bonchev–Trinajstić information content (AvgIpc) is 2.25. The Morgan fingerprint density at radius 3 is 2.58 bits per heavy atom. The summed E-state index contributed by atoms with van der Waals surface area (Å²) in [4.78, 5) is 1.84. The minimum Gasteiger partial charge on any atom is -0.390 e. The molecule has 0 aromatic heterocycles. The van der Waals surface area contributed by atoms with Crippen molar-refractivity contribution in [1.29, 1.82) is 0 Å². The van der Waals surface area contributed by atoms with Crippen molar-refractivity contribution in [3.05, 3.63) is 28.8 Å². The standard InChI is InChI=1S/C12H19ClN2O3S/c1-9-5-4-6-11(13)12(9)19(17,18)14-7-10(16)8-15(2)3/h4-6,10,14,16H,7-8H2,1-3H3/t10-/m1/s1. The first-order valence-corrected chi connectivity index (χ1v) is 7.67. The monoisotopic (exact) mass is 306 g/mol. The van der Waals surface area contributed by atoms with Gasteiger partial charge in [0.1, 0.15) is 4.90 Å². The Morgan fingerprint density at radius 2 is 2.05 bits per heavy atom. The number of hydrogen-bond donors (Lipinski definition) is 2. The molecular weight excluding hydrogens is 288 g/mol. The van der Waals surface area contributed by atoms with Gasteiger partial charge in [-0.05, 0) is 32.6 Å². The molecule has 1 rings (SSSR count). The largest absolute Gasteiger partial charge is 0.390 e. The first kappa shape index (κ1) is 16.4. The summed E-state index contributed by atoms with van der Waals surface area (Å²) in [5.74, 6) is 0. The van der Waals surface area contributed by atoms with Crippen molar-refractivity contribution >= 4 is 21.6 Å². The Morgan fingerprint density at radius 1 is 1.42 bits per heavy atom. The van der Waals surface area contributed by atoms with Crippen molar-refractivity contribution < 1.29 is 13.5 Å². The molecule has 1 aromatic carbocycles. The molecule has 0 radical (unpaired) electrons. The minimum absolute atomic E-state index is 0.0504. The molecule has 0 fully saturated rings. The molecule has 0 aliphatic rings. The van der Waals surface area contributed by atoms with E-state index in [0.717, 1.165) is 0 Å². The van der Waals surface area contributed by atoms with Crippen molar-refractivity contribution in [2.75, 3.05) is 27.2 Å². The highest BCUT2D eigenvalue weighted by molar-refractivity contribution is 7.89. The number of sulfonamides is 1. The molecule has 0 bridgehead atoms. The molecule has 0 heterocycles. The van der Waals surface area contributed by atoms with E-state index >= 15 is 0 Å². The van der Waals surface area contributed by atoms with Crippen LogP contribution in [-0.2, 0) is 10.0 Å². The fourth-order valence-corrected chi connectivity index (χ4v) is 3.62. The lowest BCUT2D eigenvalue weighted by Gasteiger charge is -2.17. The summed E-state index contributed by atoms with van der Waals surface area (Å²) in [7, 11) is -0.110. The first-order valence-electron chi connectivity index (χ1n) is 5.81. The number of aliphatic hydroxyl groups is 1. The molecular formula is C12H19ClN2O3S. The van der Waals surface area contributed by atoms with Crippen molar-refractivity contribution in [1.82, 2.24) is 9.62 Å². The SMILES string of the molecule is Cc1cccc(Cl)c1S(=O)(=O)NC[C@@H](O)CN(C)C. The summed E-state index contributed by atoms with van der Waals surface area (Å²) in [5, 5.41) is 9.84. The summed E-state index contributed by atoms with van der Waals surface area (Å²) in [6.07, 6.45) is -0.771. The van der Waals surface area contributed by atoms with Gasteiger partial charge < -0.3 is 10.0 Å². The average molecular weight is 307 g/mol. The van der Waals surface area contributed by atoms with E-state index in [-0.39, 0.29) is 16.5 Å². The van der Waals surface area contributed by atoms with Gasteiger partial charge in [0, 0.05) is 13.1 Å². The van der Waals surface area contributed by atoms with E-state index in [1.54, 1.807) is 38.1 Å². The van der Waals surface area contributed by atoms with E-state index in [9.17, 15) is 13.5 Å². The molecule has 5 nitrogen and oxygen atoms in total. The van der Waals surface area contributed by atoms with E-state index in [1.165, 1.54) is 6.07 Å². The highest BCUT2D eigenvalue weighted by Gasteiger charge is 2.21. The lowest BCUT2D eigenvalue weighted by atomic mass is 10.2. The van der Waals surface area contributed by atoms with E-state index < -0.39 is 16.1 Å². The number of aryl methyl sites for hydroxylation is 1. The molecule has 1 atom stereocenters. The van der Waals surface area contributed by atoms with Crippen LogP contribution in [0.1, 0.15) is 5.56 Å². The fraction of sp³-hybridized carbons (Fsp3) is 0.500. The zero-order valence-electron chi connectivity index (χ0n) is 11.2. The first-order chi connectivity index (χ1) is 8.74. The maximum atomic E-state index is 12.1. The number of hydrogen-bond acceptors (Lipinski definition) is 4. The van der Waals surface area contributed by atoms with Gasteiger partial charge in [-0.15, -0.1) is 0 Å². The number of halogens is 1. The highest BCUT2D eigenvalue weighted by Crippen LogP contribution is 2.24. The summed E-state index contributed by atoms with van der Waals surface area (Å²) in [6, 6.07) is 4.90. The summed E-state index contributed by atoms with van der Waals surface area (Å²) >= 11 is 5.92. The Kier molecular flexibility index (Phi) is 5.76. The molecule has 0 spiro atoms. The zero-order chi connectivity index (χ0) is 14.6. The third kappa shape index (κ3) is 4.74. The summed E-state index contributed by atoms with van der Waals surface area (Å²) in [6.45, 7) is 2.01. The van der Waals surface area contributed by atoms with Crippen LogP contribution in [0.25, 0.3) is 0 Å². The number of aliphatic hydroxyl groups excluding tert-OH is 1. The van der Waals surface area contributed by atoms with Gasteiger partial charge in [-0.3, -0.25) is 0 Å². The second-order valence-electron chi connectivity index (χ2n) is 4.65. The number of likely N-dealkylation sites (N-methyl/N-ethyl adjacent to an activating group) is 1. The van der Waals surface area contributed by atoms with Crippen LogP contribution in [0.15, 0.2) is 23.1 Å². The molecule has 0 amide bonds. The van der Waals surface area contributed by atoms with Crippen LogP contribution in [0.5, 0.6) is 0 Å². The normalized spacial score (nSPS) is 13.8. The predicted octanol–water partition coefficient (Wildman–Crippen LogP) is 0.849. The van der Waals surface area contributed by atoms with Crippen molar-refractivity contribution in [3.63, 3.8) is 0 Å².